The fourth-order valence-electron chi connectivity index (χ4n) is 0.448. The molecule has 2 nitrogen and oxygen atoms in total. The fourth-order valence-corrected chi connectivity index (χ4v) is 0.560. The number of hydrogen-bond donors (Lipinski definition) is 1. The van der Waals surface area contributed by atoms with Crippen molar-refractivity contribution in [2.45, 2.75) is 6.92 Å². The summed E-state index contributed by atoms with van der Waals surface area (Å²) in [5.41, 5.74) is 0.931. The highest BCUT2D eigenvalue weighted by Gasteiger charge is 1.91. The minimum Gasteiger partial charge on any atom is -0.344 e. The van der Waals surface area contributed by atoms with E-state index in [0.717, 1.165) is 10.6 Å². The summed E-state index contributed by atoms with van der Waals surface area (Å²) in [4.78, 5) is 7.53. The third-order valence-electron chi connectivity index (χ3n) is 0.878. The number of H-pyrrole nitrogens is 1. The zero-order valence-electron chi connectivity index (χ0n) is 4.51. The van der Waals surface area contributed by atoms with Gasteiger partial charge in [0.2, 0.25) is 0 Å². The van der Waals surface area contributed by atoms with E-state index in [-0.39, 0.29) is 0 Å². The normalized spacial score (nSPS) is 9.12. The van der Waals surface area contributed by atoms with E-state index in [0.29, 0.717) is 0 Å². The zero-order valence-corrected chi connectivity index (χ0v) is 5.33. The summed E-state index contributed by atoms with van der Waals surface area (Å²) in [6.07, 6.45) is 3.33. The van der Waals surface area contributed by atoms with Crippen LogP contribution in [0.25, 0.3) is 0 Å². The van der Waals surface area contributed by atoms with E-state index in [1.165, 1.54) is 0 Å². The van der Waals surface area contributed by atoms with Crippen molar-refractivity contribution in [2.24, 2.45) is 0 Å². The molecule has 1 rings (SSSR count). The topological polar surface area (TPSA) is 28.7 Å². The summed E-state index contributed by atoms with van der Waals surface area (Å²) in [7, 11) is 0. The Hall–Kier alpha value is -0.700. The Balaban J connectivity index is 2.93. The molecular formula is C5H6N2S. The molecule has 0 aromatic carbocycles. The van der Waals surface area contributed by atoms with Gasteiger partial charge in [-0.1, -0.05) is 12.2 Å². The van der Waals surface area contributed by atoms with Crippen LogP contribution in [0, 0.1) is 0 Å². The van der Waals surface area contributed by atoms with Gasteiger partial charge in [-0.2, -0.15) is 0 Å². The number of hydrogen-bond acceptors (Lipinski definition) is 2. The molecule has 0 saturated heterocycles. The maximum atomic E-state index is 4.84. The molecule has 1 N–H and O–H groups in total. The second-order valence-electron chi connectivity index (χ2n) is 1.52. The first kappa shape index (κ1) is 5.44. The Labute approximate surface area is 52.9 Å². The fraction of sp³-hybridized carbons (Fsp3) is 0.200. The molecule has 0 saturated carbocycles. The highest BCUT2D eigenvalue weighted by molar-refractivity contribution is 7.80. The second-order valence-corrected chi connectivity index (χ2v) is 2.13. The summed E-state index contributed by atoms with van der Waals surface area (Å²) in [5, 5.41) is 0. The van der Waals surface area contributed by atoms with Crippen molar-refractivity contribution < 1.29 is 0 Å². The standard InChI is InChI=1S/C5H6N2S/c1-4(8)5-2-6-3-7-5/h2-3H,1H3,(H,6,7). The van der Waals surface area contributed by atoms with Gasteiger partial charge in [-0.3, -0.25) is 0 Å². The van der Waals surface area contributed by atoms with Gasteiger partial charge in [0.05, 0.1) is 18.2 Å². The lowest BCUT2D eigenvalue weighted by molar-refractivity contribution is 1.31. The lowest BCUT2D eigenvalue weighted by Gasteiger charge is -1.84. The monoisotopic (exact) mass is 126 g/mol. The van der Waals surface area contributed by atoms with Gasteiger partial charge in [-0.05, 0) is 6.92 Å². The number of imidazole rings is 1. The summed E-state index contributed by atoms with van der Waals surface area (Å²) < 4.78 is 0. The van der Waals surface area contributed by atoms with Gasteiger partial charge >= 0.3 is 0 Å². The number of aromatic amines is 1. The molecule has 0 aliphatic heterocycles. The maximum absolute atomic E-state index is 4.84. The smallest absolute Gasteiger partial charge is 0.0924 e. The van der Waals surface area contributed by atoms with E-state index in [1.54, 1.807) is 12.5 Å². The number of thiocarbonyl (C=S) groups is 1. The summed E-state index contributed by atoms with van der Waals surface area (Å²) in [6.45, 7) is 1.86. The zero-order chi connectivity index (χ0) is 5.98. The Bertz CT molecular complexity index is 178. The largest absolute Gasteiger partial charge is 0.344 e. The van der Waals surface area contributed by atoms with Gasteiger partial charge < -0.3 is 4.98 Å². The lowest BCUT2D eigenvalue weighted by Crippen LogP contribution is -1.87. The number of nitrogens with one attached hydrogen (secondary N) is 1. The van der Waals surface area contributed by atoms with Crippen LogP contribution in [0.1, 0.15) is 12.6 Å². The average Bonchev–Trinajstić information content (AvgIpc) is 2.12. The van der Waals surface area contributed by atoms with Crippen molar-refractivity contribution in [3.05, 3.63) is 18.2 Å². The van der Waals surface area contributed by atoms with E-state index < -0.39 is 0 Å². The first-order chi connectivity index (χ1) is 3.80. The van der Waals surface area contributed by atoms with Crippen molar-refractivity contribution in [2.75, 3.05) is 0 Å². The van der Waals surface area contributed by atoms with Gasteiger partial charge in [0.25, 0.3) is 0 Å². The molecule has 3 heteroatoms. The van der Waals surface area contributed by atoms with Crippen molar-refractivity contribution in [1.82, 2.24) is 9.97 Å². The van der Waals surface area contributed by atoms with Crippen LogP contribution in [0.4, 0.5) is 0 Å². The first-order valence-electron chi connectivity index (χ1n) is 2.30. The molecule has 0 unspecified atom stereocenters. The van der Waals surface area contributed by atoms with Gasteiger partial charge in [0.1, 0.15) is 0 Å². The van der Waals surface area contributed by atoms with Crippen molar-refractivity contribution in [3.8, 4) is 0 Å². The van der Waals surface area contributed by atoms with E-state index in [1.807, 2.05) is 6.92 Å². The number of nitrogens with zero attached hydrogens (tertiary/aromatic N) is 1. The molecule has 0 amide bonds. The van der Waals surface area contributed by atoms with E-state index in [4.69, 9.17) is 12.2 Å². The van der Waals surface area contributed by atoms with Crippen molar-refractivity contribution in [1.29, 1.82) is 0 Å². The highest BCUT2D eigenvalue weighted by atomic mass is 32.1. The Morgan fingerprint density at radius 2 is 2.62 bits per heavy atom. The molecule has 0 aliphatic rings. The molecule has 8 heavy (non-hydrogen) atoms. The van der Waals surface area contributed by atoms with E-state index in [2.05, 4.69) is 9.97 Å². The van der Waals surface area contributed by atoms with E-state index in [9.17, 15) is 0 Å². The van der Waals surface area contributed by atoms with Crippen LogP contribution in [-0.4, -0.2) is 14.8 Å². The molecule has 0 spiro atoms. The quantitative estimate of drug-likeness (QED) is 0.451. The molecular weight excluding hydrogens is 120 g/mol. The number of rotatable bonds is 1. The van der Waals surface area contributed by atoms with Crippen LogP contribution in [0.15, 0.2) is 12.5 Å². The van der Waals surface area contributed by atoms with Gasteiger partial charge in [-0.15, -0.1) is 0 Å². The number of aromatic nitrogens is 2. The van der Waals surface area contributed by atoms with Crippen LogP contribution >= 0.6 is 12.2 Å². The van der Waals surface area contributed by atoms with Crippen LogP contribution in [0.2, 0.25) is 0 Å². The lowest BCUT2D eigenvalue weighted by atomic mass is 10.4. The van der Waals surface area contributed by atoms with Crippen molar-refractivity contribution in [3.63, 3.8) is 0 Å². The average molecular weight is 126 g/mol. The molecule has 42 valence electrons. The SMILES string of the molecule is CC(=S)c1cnc[nH]1. The van der Waals surface area contributed by atoms with Crippen LogP contribution in [0.5, 0.6) is 0 Å². The molecule has 1 aromatic heterocycles. The minimum atomic E-state index is 0.850. The highest BCUT2D eigenvalue weighted by Crippen LogP contribution is 1.91. The third-order valence-corrected chi connectivity index (χ3v) is 1.10. The van der Waals surface area contributed by atoms with Gasteiger partial charge in [0.15, 0.2) is 0 Å². The molecule has 1 aromatic rings. The summed E-state index contributed by atoms with van der Waals surface area (Å²) in [6, 6.07) is 0. The Kier molecular flexibility index (Phi) is 1.39. The van der Waals surface area contributed by atoms with Crippen LogP contribution < -0.4 is 0 Å². The second kappa shape index (κ2) is 2.05. The molecule has 0 bridgehead atoms. The minimum absolute atomic E-state index is 0.850. The van der Waals surface area contributed by atoms with Gasteiger partial charge in [-0.25, -0.2) is 4.98 Å². The predicted molar refractivity (Wildman–Crippen MR) is 36.0 cm³/mol. The van der Waals surface area contributed by atoms with Crippen LogP contribution in [0.3, 0.4) is 0 Å². The van der Waals surface area contributed by atoms with E-state index >= 15 is 0 Å². The maximum Gasteiger partial charge on any atom is 0.0924 e. The molecule has 0 radical (unpaired) electrons. The third kappa shape index (κ3) is 0.924. The Morgan fingerprint density at radius 1 is 1.88 bits per heavy atom. The molecule has 0 fully saturated rings. The summed E-state index contributed by atoms with van der Waals surface area (Å²) >= 11 is 4.84. The molecule has 1 heterocycles. The molecule has 0 atom stereocenters. The van der Waals surface area contributed by atoms with Crippen molar-refractivity contribution >= 4 is 17.1 Å². The first-order valence-corrected chi connectivity index (χ1v) is 2.71. The predicted octanol–water partition coefficient (Wildman–Crippen LogP) is 1.15. The summed E-state index contributed by atoms with van der Waals surface area (Å²) in [5.74, 6) is 0. The molecule has 0 aliphatic carbocycles. The van der Waals surface area contributed by atoms with Gasteiger partial charge in [0, 0.05) is 4.86 Å². The van der Waals surface area contributed by atoms with Crippen LogP contribution in [-0.2, 0) is 0 Å². The Morgan fingerprint density at radius 3 is 2.88 bits per heavy atom.